The van der Waals surface area contributed by atoms with E-state index in [-0.39, 0.29) is 10.6 Å². The molecular formula is C23H26N4O5S. The predicted molar refractivity (Wildman–Crippen MR) is 122 cm³/mol. The van der Waals surface area contributed by atoms with Crippen molar-refractivity contribution in [2.45, 2.75) is 37.1 Å². The van der Waals surface area contributed by atoms with Crippen LogP contribution in [0.1, 0.15) is 30.9 Å². The first kappa shape index (κ1) is 22.9. The Labute approximate surface area is 192 Å². The maximum atomic E-state index is 13.0. The molecule has 2 heterocycles. The molecule has 1 unspecified atom stereocenters. The molecule has 33 heavy (non-hydrogen) atoms. The van der Waals surface area contributed by atoms with Crippen LogP contribution in [0.2, 0.25) is 0 Å². The zero-order valence-corrected chi connectivity index (χ0v) is 19.3. The molecule has 10 heteroatoms. The first-order valence-electron chi connectivity index (χ1n) is 10.7. The lowest BCUT2D eigenvalue weighted by Gasteiger charge is -2.22. The van der Waals surface area contributed by atoms with E-state index in [1.807, 2.05) is 19.1 Å². The highest BCUT2D eigenvalue weighted by atomic mass is 32.2. The van der Waals surface area contributed by atoms with Gasteiger partial charge in [-0.15, -0.1) is 0 Å². The molecule has 2 aliphatic heterocycles. The summed E-state index contributed by atoms with van der Waals surface area (Å²) in [6.07, 6.45) is 1.65. The molecule has 2 saturated heterocycles. The third-order valence-electron chi connectivity index (χ3n) is 6.03. The van der Waals surface area contributed by atoms with Gasteiger partial charge in [0.15, 0.2) is 0 Å². The van der Waals surface area contributed by atoms with Crippen molar-refractivity contribution in [3.8, 4) is 0 Å². The second kappa shape index (κ2) is 8.60. The van der Waals surface area contributed by atoms with Gasteiger partial charge in [0, 0.05) is 18.8 Å². The van der Waals surface area contributed by atoms with Gasteiger partial charge in [0.1, 0.15) is 12.1 Å². The van der Waals surface area contributed by atoms with Crippen LogP contribution in [0, 0.1) is 6.92 Å². The van der Waals surface area contributed by atoms with E-state index in [9.17, 15) is 22.8 Å². The van der Waals surface area contributed by atoms with Crippen molar-refractivity contribution >= 4 is 33.6 Å². The van der Waals surface area contributed by atoms with Crippen molar-refractivity contribution in [1.29, 1.82) is 0 Å². The minimum absolute atomic E-state index is 0.0872. The van der Waals surface area contributed by atoms with Crippen LogP contribution in [0.15, 0.2) is 53.4 Å². The van der Waals surface area contributed by atoms with Crippen LogP contribution in [-0.2, 0) is 25.2 Å². The molecule has 1 atom stereocenters. The number of rotatable bonds is 6. The van der Waals surface area contributed by atoms with Crippen molar-refractivity contribution < 1.29 is 22.8 Å². The lowest BCUT2D eigenvalue weighted by molar-refractivity contribution is -0.133. The quantitative estimate of drug-likeness (QED) is 0.628. The molecule has 0 aromatic heterocycles. The SMILES string of the molecule is Cc1ccc(C2(C)NC(=O)N(CC(=O)Nc3cccc(S(=O)(=O)N4CCCC4)c3)C2=O)cc1. The van der Waals surface area contributed by atoms with Gasteiger partial charge in [-0.05, 0) is 50.5 Å². The Bertz CT molecular complexity index is 1210. The molecule has 0 spiro atoms. The standard InChI is InChI=1S/C23H26N4O5S/c1-16-8-10-17(11-9-16)23(2)21(29)27(22(30)25-23)15-20(28)24-18-6-5-7-19(14-18)33(31,32)26-12-3-4-13-26/h5-11,14H,3-4,12-13,15H2,1-2H3,(H,24,28)(H,25,30). The molecule has 9 nitrogen and oxygen atoms in total. The van der Waals surface area contributed by atoms with E-state index in [2.05, 4.69) is 10.6 Å². The van der Waals surface area contributed by atoms with Gasteiger partial charge in [-0.2, -0.15) is 4.31 Å². The van der Waals surface area contributed by atoms with E-state index in [0.29, 0.717) is 18.7 Å². The molecule has 2 aromatic carbocycles. The number of sulfonamides is 1. The number of carbonyl (C=O) groups excluding carboxylic acids is 3. The molecular weight excluding hydrogens is 444 g/mol. The predicted octanol–water partition coefficient (Wildman–Crippen LogP) is 2.19. The minimum atomic E-state index is -3.63. The lowest BCUT2D eigenvalue weighted by Crippen LogP contribution is -2.42. The fourth-order valence-corrected chi connectivity index (χ4v) is 5.64. The van der Waals surface area contributed by atoms with E-state index in [0.717, 1.165) is 23.3 Å². The largest absolute Gasteiger partial charge is 0.325 e. The summed E-state index contributed by atoms with van der Waals surface area (Å²) in [6.45, 7) is 3.98. The molecule has 0 radical (unpaired) electrons. The number of aryl methyl sites for hydroxylation is 1. The molecule has 2 aliphatic rings. The number of urea groups is 1. The maximum Gasteiger partial charge on any atom is 0.325 e. The van der Waals surface area contributed by atoms with Gasteiger partial charge in [0.05, 0.1) is 4.90 Å². The summed E-state index contributed by atoms with van der Waals surface area (Å²) in [6, 6.07) is 12.5. The van der Waals surface area contributed by atoms with Crippen molar-refractivity contribution in [3.05, 3.63) is 59.7 Å². The number of hydrogen-bond acceptors (Lipinski definition) is 5. The summed E-state index contributed by atoms with van der Waals surface area (Å²) >= 11 is 0. The molecule has 4 amide bonds. The molecule has 0 bridgehead atoms. The number of hydrogen-bond donors (Lipinski definition) is 2. The Morgan fingerprint density at radius 1 is 1.09 bits per heavy atom. The van der Waals surface area contributed by atoms with Gasteiger partial charge in [0.2, 0.25) is 15.9 Å². The molecule has 0 aliphatic carbocycles. The number of nitrogens with zero attached hydrogens (tertiary/aromatic N) is 2. The van der Waals surface area contributed by atoms with Crippen LogP contribution in [0.3, 0.4) is 0 Å². The molecule has 174 valence electrons. The average Bonchev–Trinajstić information content (AvgIpc) is 3.39. The summed E-state index contributed by atoms with van der Waals surface area (Å²) in [4.78, 5) is 39.1. The molecule has 2 aromatic rings. The van der Waals surface area contributed by atoms with Gasteiger partial charge in [0.25, 0.3) is 5.91 Å². The van der Waals surface area contributed by atoms with Crippen molar-refractivity contribution in [3.63, 3.8) is 0 Å². The molecule has 2 fully saturated rings. The Morgan fingerprint density at radius 2 is 1.76 bits per heavy atom. The van der Waals surface area contributed by atoms with Gasteiger partial charge >= 0.3 is 6.03 Å². The summed E-state index contributed by atoms with van der Waals surface area (Å²) < 4.78 is 27.0. The first-order valence-corrected chi connectivity index (χ1v) is 12.2. The lowest BCUT2D eigenvalue weighted by atomic mass is 9.91. The average molecular weight is 471 g/mol. The van der Waals surface area contributed by atoms with Gasteiger partial charge in [-0.3, -0.25) is 14.5 Å². The number of carbonyl (C=O) groups is 3. The number of anilines is 1. The smallest absolute Gasteiger partial charge is 0.324 e. The zero-order chi connectivity index (χ0) is 23.8. The van der Waals surface area contributed by atoms with Crippen LogP contribution in [0.5, 0.6) is 0 Å². The van der Waals surface area contributed by atoms with Crippen LogP contribution < -0.4 is 10.6 Å². The number of imide groups is 1. The minimum Gasteiger partial charge on any atom is -0.324 e. The van der Waals surface area contributed by atoms with Crippen molar-refractivity contribution in [2.75, 3.05) is 25.0 Å². The number of amides is 4. The van der Waals surface area contributed by atoms with Crippen LogP contribution in [0.25, 0.3) is 0 Å². The first-order chi connectivity index (χ1) is 15.6. The number of nitrogens with one attached hydrogen (secondary N) is 2. The fraction of sp³-hybridized carbons (Fsp3) is 0.348. The van der Waals surface area contributed by atoms with Crippen molar-refractivity contribution in [2.24, 2.45) is 0 Å². The van der Waals surface area contributed by atoms with E-state index >= 15 is 0 Å². The Morgan fingerprint density at radius 3 is 2.42 bits per heavy atom. The summed E-state index contributed by atoms with van der Waals surface area (Å²) in [5, 5.41) is 5.26. The highest BCUT2D eigenvalue weighted by molar-refractivity contribution is 7.89. The van der Waals surface area contributed by atoms with Crippen LogP contribution in [-0.4, -0.2) is 55.1 Å². The summed E-state index contributed by atoms with van der Waals surface area (Å²) in [5.74, 6) is -1.14. The van der Waals surface area contributed by atoms with Gasteiger partial charge < -0.3 is 10.6 Å². The number of benzene rings is 2. The second-order valence-electron chi connectivity index (χ2n) is 8.50. The normalized spacial score (nSPS) is 21.3. The van der Waals surface area contributed by atoms with Crippen molar-refractivity contribution in [1.82, 2.24) is 14.5 Å². The Kier molecular flexibility index (Phi) is 5.98. The van der Waals surface area contributed by atoms with Gasteiger partial charge in [-0.25, -0.2) is 13.2 Å². The summed E-state index contributed by atoms with van der Waals surface area (Å²) in [5.41, 5.74) is 0.640. The Balaban J connectivity index is 1.46. The highest BCUT2D eigenvalue weighted by Crippen LogP contribution is 2.29. The third kappa shape index (κ3) is 4.36. The monoisotopic (exact) mass is 470 g/mol. The fourth-order valence-electron chi connectivity index (χ4n) is 4.08. The van der Waals surface area contributed by atoms with Crippen LogP contribution in [0.4, 0.5) is 10.5 Å². The van der Waals surface area contributed by atoms with E-state index in [4.69, 9.17) is 0 Å². The maximum absolute atomic E-state index is 13.0. The van der Waals surface area contributed by atoms with Gasteiger partial charge in [-0.1, -0.05) is 35.9 Å². The van der Waals surface area contributed by atoms with E-state index in [1.54, 1.807) is 31.2 Å². The zero-order valence-electron chi connectivity index (χ0n) is 18.5. The topological polar surface area (TPSA) is 116 Å². The van der Waals surface area contributed by atoms with Crippen LogP contribution >= 0.6 is 0 Å². The van der Waals surface area contributed by atoms with E-state index in [1.165, 1.54) is 16.4 Å². The molecule has 4 rings (SSSR count). The summed E-state index contributed by atoms with van der Waals surface area (Å²) in [7, 11) is -3.63. The molecule has 0 saturated carbocycles. The highest BCUT2D eigenvalue weighted by Gasteiger charge is 2.49. The third-order valence-corrected chi connectivity index (χ3v) is 7.92. The molecule has 2 N–H and O–H groups in total. The van der Waals surface area contributed by atoms with E-state index < -0.39 is 40.0 Å². The second-order valence-corrected chi connectivity index (χ2v) is 10.4. The Hall–Kier alpha value is -3.24.